The number of ether oxygens (including phenoxy) is 1. The van der Waals surface area contributed by atoms with Gasteiger partial charge in [0.25, 0.3) is 0 Å². The van der Waals surface area contributed by atoms with E-state index in [1.54, 1.807) is 6.07 Å². The van der Waals surface area contributed by atoms with Crippen molar-refractivity contribution in [1.82, 2.24) is 0 Å². The van der Waals surface area contributed by atoms with Gasteiger partial charge in [0.2, 0.25) is 0 Å². The van der Waals surface area contributed by atoms with Gasteiger partial charge in [0.05, 0.1) is 5.56 Å². The first kappa shape index (κ1) is 17.8. The van der Waals surface area contributed by atoms with Crippen LogP contribution < -0.4 is 4.74 Å². The smallest absolute Gasteiger partial charge is 0.336 e. The third-order valence-corrected chi connectivity index (χ3v) is 4.81. The second-order valence-corrected chi connectivity index (χ2v) is 6.69. The van der Waals surface area contributed by atoms with E-state index in [-0.39, 0.29) is 5.56 Å². The second kappa shape index (κ2) is 7.97. The average Bonchev–Trinajstić information content (AvgIpc) is 2.74. The van der Waals surface area contributed by atoms with Gasteiger partial charge >= 0.3 is 5.97 Å². The molecule has 0 aliphatic rings. The summed E-state index contributed by atoms with van der Waals surface area (Å²) >= 11 is 0. The normalized spacial score (nSPS) is 10.7. The number of hydrogen-bond acceptors (Lipinski definition) is 2. The van der Waals surface area contributed by atoms with Crippen molar-refractivity contribution in [3.05, 3.63) is 113 Å². The first-order valence-corrected chi connectivity index (χ1v) is 9.21. The first-order valence-electron chi connectivity index (χ1n) is 9.21. The first-order chi connectivity index (χ1) is 13.7. The summed E-state index contributed by atoms with van der Waals surface area (Å²) in [5.41, 5.74) is 3.21. The number of aromatic carboxylic acids is 1. The Balaban J connectivity index is 1.79. The van der Waals surface area contributed by atoms with Gasteiger partial charge in [-0.25, -0.2) is 4.79 Å². The molecule has 4 aromatic rings. The molecule has 0 aliphatic heterocycles. The van der Waals surface area contributed by atoms with Gasteiger partial charge in [-0.15, -0.1) is 0 Å². The number of benzene rings is 4. The summed E-state index contributed by atoms with van der Waals surface area (Å²) < 4.78 is 6.04. The predicted octanol–water partition coefficient (Wildman–Crippen LogP) is 5.71. The van der Waals surface area contributed by atoms with E-state index in [0.717, 1.165) is 27.5 Å². The maximum atomic E-state index is 12.0. The van der Waals surface area contributed by atoms with Crippen molar-refractivity contribution in [3.8, 4) is 5.75 Å². The summed E-state index contributed by atoms with van der Waals surface area (Å²) in [6, 6.07) is 29.3. The molecule has 4 aromatic carbocycles. The number of carbonyl (C=O) groups is 1. The highest BCUT2D eigenvalue weighted by molar-refractivity contribution is 6.01. The van der Waals surface area contributed by atoms with Crippen molar-refractivity contribution >= 4 is 16.7 Å². The minimum absolute atomic E-state index is 0.283. The maximum Gasteiger partial charge on any atom is 0.336 e. The summed E-state index contributed by atoms with van der Waals surface area (Å²) in [5.74, 6) is -0.352. The van der Waals surface area contributed by atoms with Crippen LogP contribution in [0.15, 0.2) is 91.0 Å². The van der Waals surface area contributed by atoms with Crippen LogP contribution in [0.5, 0.6) is 5.75 Å². The van der Waals surface area contributed by atoms with Crippen LogP contribution in [-0.4, -0.2) is 11.1 Å². The van der Waals surface area contributed by atoms with Gasteiger partial charge < -0.3 is 9.84 Å². The highest BCUT2D eigenvalue weighted by Crippen LogP contribution is 2.33. The van der Waals surface area contributed by atoms with Gasteiger partial charge in [0.1, 0.15) is 12.4 Å². The van der Waals surface area contributed by atoms with E-state index in [1.807, 2.05) is 84.9 Å². The molecule has 0 radical (unpaired) electrons. The maximum absolute atomic E-state index is 12.0. The highest BCUT2D eigenvalue weighted by Gasteiger charge is 2.18. The van der Waals surface area contributed by atoms with Crippen LogP contribution in [0.2, 0.25) is 0 Å². The summed E-state index contributed by atoms with van der Waals surface area (Å²) in [5, 5.41) is 11.7. The Hall–Kier alpha value is -3.59. The van der Waals surface area contributed by atoms with Crippen molar-refractivity contribution in [3.63, 3.8) is 0 Å². The van der Waals surface area contributed by atoms with Gasteiger partial charge in [0.15, 0.2) is 0 Å². The third kappa shape index (κ3) is 3.74. The van der Waals surface area contributed by atoms with E-state index < -0.39 is 5.97 Å². The fourth-order valence-corrected chi connectivity index (χ4v) is 3.44. The highest BCUT2D eigenvalue weighted by atomic mass is 16.5. The molecular formula is C25H20O3. The molecule has 0 spiro atoms. The van der Waals surface area contributed by atoms with Crippen molar-refractivity contribution in [2.75, 3.05) is 0 Å². The molecule has 28 heavy (non-hydrogen) atoms. The number of fused-ring (bicyclic) bond motifs is 1. The molecule has 0 aromatic heterocycles. The lowest BCUT2D eigenvalue weighted by atomic mass is 9.93. The molecule has 1 N–H and O–H groups in total. The lowest BCUT2D eigenvalue weighted by molar-refractivity contribution is 0.0695. The zero-order valence-corrected chi connectivity index (χ0v) is 15.3. The van der Waals surface area contributed by atoms with Gasteiger partial charge in [-0.1, -0.05) is 84.9 Å². The average molecular weight is 368 g/mol. The zero-order valence-electron chi connectivity index (χ0n) is 15.3. The van der Waals surface area contributed by atoms with Crippen LogP contribution in [-0.2, 0) is 13.0 Å². The number of hydrogen-bond donors (Lipinski definition) is 1. The Morgan fingerprint density at radius 3 is 1.96 bits per heavy atom. The van der Waals surface area contributed by atoms with Crippen molar-refractivity contribution in [1.29, 1.82) is 0 Å². The molecule has 0 atom stereocenters. The Kier molecular flexibility index (Phi) is 5.07. The van der Waals surface area contributed by atoms with Crippen LogP contribution in [0.3, 0.4) is 0 Å². The van der Waals surface area contributed by atoms with E-state index in [9.17, 15) is 9.90 Å². The molecule has 0 fully saturated rings. The van der Waals surface area contributed by atoms with Gasteiger partial charge in [0, 0.05) is 5.39 Å². The molecule has 0 amide bonds. The number of carboxylic acids is 1. The zero-order chi connectivity index (χ0) is 19.3. The lowest BCUT2D eigenvalue weighted by Crippen LogP contribution is -2.06. The van der Waals surface area contributed by atoms with Gasteiger partial charge in [-0.2, -0.15) is 0 Å². The molecule has 0 unspecified atom stereocenters. The largest absolute Gasteiger partial charge is 0.488 e. The summed E-state index contributed by atoms with van der Waals surface area (Å²) in [6.07, 6.45) is 0.557. The SMILES string of the molecule is O=C(O)c1cc(OCc2ccccc2)c2ccccc2c1Cc1ccccc1. The Morgan fingerprint density at radius 2 is 1.32 bits per heavy atom. The van der Waals surface area contributed by atoms with Crippen molar-refractivity contribution < 1.29 is 14.6 Å². The summed E-state index contributed by atoms with van der Waals surface area (Å²) in [7, 11) is 0. The second-order valence-electron chi connectivity index (χ2n) is 6.69. The van der Waals surface area contributed by atoms with Crippen LogP contribution in [0.4, 0.5) is 0 Å². The third-order valence-electron chi connectivity index (χ3n) is 4.81. The minimum atomic E-state index is -0.943. The van der Waals surface area contributed by atoms with Crippen LogP contribution >= 0.6 is 0 Å². The lowest BCUT2D eigenvalue weighted by Gasteiger charge is -2.16. The van der Waals surface area contributed by atoms with E-state index in [4.69, 9.17) is 4.74 Å². The monoisotopic (exact) mass is 368 g/mol. The van der Waals surface area contributed by atoms with Crippen LogP contribution in [0, 0.1) is 0 Å². The van der Waals surface area contributed by atoms with E-state index in [1.165, 1.54) is 0 Å². The minimum Gasteiger partial charge on any atom is -0.488 e. The Bertz CT molecular complexity index is 1100. The molecule has 3 nitrogen and oxygen atoms in total. The van der Waals surface area contributed by atoms with E-state index >= 15 is 0 Å². The van der Waals surface area contributed by atoms with Crippen molar-refractivity contribution in [2.45, 2.75) is 13.0 Å². The molecule has 0 saturated heterocycles. The number of carboxylic acid groups (broad SMARTS) is 1. The van der Waals surface area contributed by atoms with Gasteiger partial charge in [-0.3, -0.25) is 0 Å². The van der Waals surface area contributed by atoms with E-state index in [2.05, 4.69) is 0 Å². The predicted molar refractivity (Wildman–Crippen MR) is 111 cm³/mol. The standard InChI is InChI=1S/C25H20O3/c26-25(27)23-16-24(28-17-19-11-5-2-6-12-19)21-14-8-7-13-20(21)22(23)15-18-9-3-1-4-10-18/h1-14,16H,15,17H2,(H,26,27). The number of rotatable bonds is 6. The summed E-state index contributed by atoms with van der Waals surface area (Å²) in [4.78, 5) is 12.0. The molecule has 0 saturated carbocycles. The summed E-state index contributed by atoms with van der Waals surface area (Å²) in [6.45, 7) is 0.391. The molecule has 0 bridgehead atoms. The molecule has 138 valence electrons. The fraction of sp³-hybridized carbons (Fsp3) is 0.0800. The van der Waals surface area contributed by atoms with Crippen LogP contribution in [0.1, 0.15) is 27.0 Å². The van der Waals surface area contributed by atoms with Crippen LogP contribution in [0.25, 0.3) is 10.8 Å². The molecule has 4 rings (SSSR count). The van der Waals surface area contributed by atoms with Gasteiger partial charge in [-0.05, 0) is 34.6 Å². The molecule has 0 heterocycles. The molecular weight excluding hydrogens is 348 g/mol. The quantitative estimate of drug-likeness (QED) is 0.474. The Morgan fingerprint density at radius 1 is 0.750 bits per heavy atom. The molecule has 3 heteroatoms. The fourth-order valence-electron chi connectivity index (χ4n) is 3.44. The Labute approximate surface area is 163 Å². The topological polar surface area (TPSA) is 46.5 Å². The van der Waals surface area contributed by atoms with Crippen molar-refractivity contribution in [2.24, 2.45) is 0 Å². The molecule has 0 aliphatic carbocycles. The van der Waals surface area contributed by atoms with E-state index in [0.29, 0.717) is 18.8 Å².